The van der Waals surface area contributed by atoms with Gasteiger partial charge in [-0.3, -0.25) is 0 Å². The number of halogens is 2. The van der Waals surface area contributed by atoms with E-state index in [0.717, 1.165) is 16.8 Å². The first-order valence-electron chi connectivity index (χ1n) is 5.94. The van der Waals surface area contributed by atoms with Crippen LogP contribution in [0.25, 0.3) is 0 Å². The molecule has 0 amide bonds. The van der Waals surface area contributed by atoms with E-state index in [9.17, 15) is 8.78 Å². The van der Waals surface area contributed by atoms with Crippen molar-refractivity contribution in [2.24, 2.45) is 5.73 Å². The second-order valence-corrected chi connectivity index (χ2v) is 4.66. The molecule has 0 spiro atoms. The molecule has 2 N–H and O–H groups in total. The zero-order chi connectivity index (χ0) is 12.5. The third-order valence-corrected chi connectivity index (χ3v) is 3.41. The number of hydrogen-bond donors (Lipinski definition) is 1. The van der Waals surface area contributed by atoms with Crippen molar-refractivity contribution in [2.45, 2.75) is 32.2 Å². The Morgan fingerprint density at radius 1 is 1.29 bits per heavy atom. The van der Waals surface area contributed by atoms with Crippen LogP contribution in [0.1, 0.15) is 24.0 Å². The molecular weight excluding hydrogens is 222 g/mol. The predicted molar refractivity (Wildman–Crippen MR) is 65.5 cm³/mol. The maximum absolute atomic E-state index is 13.0. The van der Waals surface area contributed by atoms with Crippen LogP contribution in [0.2, 0.25) is 0 Å². The van der Waals surface area contributed by atoms with Crippen molar-refractivity contribution in [3.05, 3.63) is 29.3 Å². The number of benzene rings is 1. The zero-order valence-corrected chi connectivity index (χ0v) is 10.0. The van der Waals surface area contributed by atoms with Gasteiger partial charge in [0.25, 0.3) is 5.92 Å². The molecule has 94 valence electrons. The molecule has 1 saturated heterocycles. The van der Waals surface area contributed by atoms with Crippen molar-refractivity contribution >= 4 is 5.69 Å². The van der Waals surface area contributed by atoms with E-state index < -0.39 is 5.92 Å². The Kier molecular flexibility index (Phi) is 3.33. The average molecular weight is 240 g/mol. The van der Waals surface area contributed by atoms with Gasteiger partial charge in [-0.2, -0.15) is 0 Å². The van der Waals surface area contributed by atoms with Crippen molar-refractivity contribution in [2.75, 3.05) is 18.0 Å². The predicted octanol–water partition coefficient (Wildman–Crippen LogP) is 2.69. The Morgan fingerprint density at radius 3 is 2.47 bits per heavy atom. The van der Waals surface area contributed by atoms with E-state index in [2.05, 4.69) is 0 Å². The Morgan fingerprint density at radius 2 is 1.94 bits per heavy atom. The molecule has 1 aromatic carbocycles. The van der Waals surface area contributed by atoms with E-state index >= 15 is 0 Å². The van der Waals surface area contributed by atoms with E-state index in [1.165, 1.54) is 0 Å². The van der Waals surface area contributed by atoms with Gasteiger partial charge in [0.15, 0.2) is 0 Å². The van der Waals surface area contributed by atoms with Gasteiger partial charge in [0.05, 0.1) is 0 Å². The van der Waals surface area contributed by atoms with Crippen molar-refractivity contribution in [3.63, 3.8) is 0 Å². The first-order valence-corrected chi connectivity index (χ1v) is 5.94. The van der Waals surface area contributed by atoms with Crippen LogP contribution in [0.5, 0.6) is 0 Å². The number of rotatable bonds is 2. The fourth-order valence-corrected chi connectivity index (χ4v) is 2.20. The number of alkyl halides is 2. The van der Waals surface area contributed by atoms with Crippen LogP contribution in [0.15, 0.2) is 18.2 Å². The Hall–Kier alpha value is -1.16. The van der Waals surface area contributed by atoms with E-state index in [4.69, 9.17) is 5.73 Å². The molecular formula is C13H18F2N2. The molecule has 1 fully saturated rings. The molecule has 0 unspecified atom stereocenters. The third-order valence-electron chi connectivity index (χ3n) is 3.41. The number of piperidine rings is 1. The second kappa shape index (κ2) is 4.61. The van der Waals surface area contributed by atoms with Crippen LogP contribution in [0.3, 0.4) is 0 Å². The summed E-state index contributed by atoms with van der Waals surface area (Å²) >= 11 is 0. The van der Waals surface area contributed by atoms with Crippen LogP contribution in [0.4, 0.5) is 14.5 Å². The lowest BCUT2D eigenvalue weighted by atomic mass is 10.0. The topological polar surface area (TPSA) is 29.3 Å². The summed E-state index contributed by atoms with van der Waals surface area (Å²) in [6, 6.07) is 5.99. The molecule has 2 nitrogen and oxygen atoms in total. The normalized spacial score (nSPS) is 19.4. The largest absolute Gasteiger partial charge is 0.371 e. The fraction of sp³-hybridized carbons (Fsp3) is 0.538. The van der Waals surface area contributed by atoms with Crippen molar-refractivity contribution in [3.8, 4) is 0 Å². The number of nitrogens with zero attached hydrogens (tertiary/aromatic N) is 1. The highest BCUT2D eigenvalue weighted by molar-refractivity contribution is 5.51. The SMILES string of the molecule is Cc1cc(N2CCC(F)(F)CC2)ccc1CN. The summed E-state index contributed by atoms with van der Waals surface area (Å²) in [6.45, 7) is 3.37. The smallest absolute Gasteiger partial charge is 0.251 e. The lowest BCUT2D eigenvalue weighted by Gasteiger charge is -2.33. The average Bonchev–Trinajstić information content (AvgIpc) is 2.29. The van der Waals surface area contributed by atoms with E-state index in [1.807, 2.05) is 30.0 Å². The van der Waals surface area contributed by atoms with Gasteiger partial charge in [-0.05, 0) is 30.2 Å². The molecule has 0 aromatic heterocycles. The van der Waals surface area contributed by atoms with Crippen molar-refractivity contribution < 1.29 is 8.78 Å². The molecule has 0 bridgehead atoms. The third kappa shape index (κ3) is 2.75. The highest BCUT2D eigenvalue weighted by Crippen LogP contribution is 2.31. The molecule has 17 heavy (non-hydrogen) atoms. The van der Waals surface area contributed by atoms with Gasteiger partial charge in [0, 0.05) is 38.2 Å². The van der Waals surface area contributed by atoms with Gasteiger partial charge in [0.1, 0.15) is 0 Å². The van der Waals surface area contributed by atoms with E-state index in [-0.39, 0.29) is 12.8 Å². The summed E-state index contributed by atoms with van der Waals surface area (Å²) in [6.07, 6.45) is -0.102. The van der Waals surface area contributed by atoms with Crippen LogP contribution >= 0.6 is 0 Å². The van der Waals surface area contributed by atoms with E-state index in [0.29, 0.717) is 19.6 Å². The summed E-state index contributed by atoms with van der Waals surface area (Å²) in [5.74, 6) is -2.48. The lowest BCUT2D eigenvalue weighted by molar-refractivity contribution is -0.0220. The van der Waals surface area contributed by atoms with Gasteiger partial charge < -0.3 is 10.6 Å². The van der Waals surface area contributed by atoms with Crippen molar-refractivity contribution in [1.29, 1.82) is 0 Å². The summed E-state index contributed by atoms with van der Waals surface area (Å²) < 4.78 is 26.1. The van der Waals surface area contributed by atoms with Gasteiger partial charge in [-0.15, -0.1) is 0 Å². The van der Waals surface area contributed by atoms with Crippen molar-refractivity contribution in [1.82, 2.24) is 0 Å². The molecule has 1 heterocycles. The standard InChI is InChI=1S/C13H18F2N2/c1-10-8-12(3-2-11(10)9-16)17-6-4-13(14,15)5-7-17/h2-3,8H,4-7,9,16H2,1H3. The van der Waals surface area contributed by atoms with Gasteiger partial charge in [-0.25, -0.2) is 8.78 Å². The highest BCUT2D eigenvalue weighted by atomic mass is 19.3. The first-order chi connectivity index (χ1) is 8.02. The minimum Gasteiger partial charge on any atom is -0.371 e. The van der Waals surface area contributed by atoms with E-state index in [1.54, 1.807) is 0 Å². The number of hydrogen-bond acceptors (Lipinski definition) is 2. The van der Waals surface area contributed by atoms with Crippen LogP contribution in [-0.2, 0) is 6.54 Å². The molecule has 0 aliphatic carbocycles. The zero-order valence-electron chi connectivity index (χ0n) is 10.0. The molecule has 0 radical (unpaired) electrons. The monoisotopic (exact) mass is 240 g/mol. The minimum absolute atomic E-state index is 0.0509. The lowest BCUT2D eigenvalue weighted by Crippen LogP contribution is -2.39. The fourth-order valence-electron chi connectivity index (χ4n) is 2.20. The molecule has 0 atom stereocenters. The molecule has 1 aliphatic heterocycles. The first kappa shape index (κ1) is 12.3. The summed E-state index contributed by atoms with van der Waals surface area (Å²) in [7, 11) is 0. The minimum atomic E-state index is -2.48. The molecule has 4 heteroatoms. The number of nitrogens with two attached hydrogens (primary N) is 1. The van der Waals surface area contributed by atoms with Gasteiger partial charge in [-0.1, -0.05) is 6.07 Å². The summed E-state index contributed by atoms with van der Waals surface area (Å²) in [4.78, 5) is 2.02. The Bertz CT molecular complexity index is 394. The van der Waals surface area contributed by atoms with Crippen LogP contribution < -0.4 is 10.6 Å². The molecule has 0 saturated carbocycles. The molecule has 1 aromatic rings. The number of anilines is 1. The van der Waals surface area contributed by atoms with Gasteiger partial charge in [0.2, 0.25) is 0 Å². The van der Waals surface area contributed by atoms with Crippen LogP contribution in [-0.4, -0.2) is 19.0 Å². The Labute approximate surface area is 100 Å². The summed E-state index contributed by atoms with van der Waals surface area (Å²) in [5, 5.41) is 0. The molecule has 1 aliphatic rings. The van der Waals surface area contributed by atoms with Gasteiger partial charge >= 0.3 is 0 Å². The summed E-state index contributed by atoms with van der Waals surface area (Å²) in [5.41, 5.74) is 8.86. The van der Waals surface area contributed by atoms with Crippen LogP contribution in [0, 0.1) is 6.92 Å². The molecule has 2 rings (SSSR count). The maximum atomic E-state index is 13.0. The second-order valence-electron chi connectivity index (χ2n) is 4.66. The maximum Gasteiger partial charge on any atom is 0.251 e. The Balaban J connectivity index is 2.11. The highest BCUT2D eigenvalue weighted by Gasteiger charge is 2.33. The number of aryl methyl sites for hydroxylation is 1. The quantitative estimate of drug-likeness (QED) is 0.861.